The zero-order valence-electron chi connectivity index (χ0n) is 11.2. The Morgan fingerprint density at radius 3 is 2.77 bits per heavy atom. The first-order valence-electron chi connectivity index (χ1n) is 5.94. The lowest BCUT2D eigenvalue weighted by molar-refractivity contribution is -0.137. The summed E-state index contributed by atoms with van der Waals surface area (Å²) in [6.07, 6.45) is -4.58. The van der Waals surface area contributed by atoms with E-state index in [1.54, 1.807) is 6.92 Å². The van der Waals surface area contributed by atoms with Crippen LogP contribution in [0, 0.1) is 6.92 Å². The highest BCUT2D eigenvalue weighted by molar-refractivity contribution is 7.99. The van der Waals surface area contributed by atoms with E-state index in [1.165, 1.54) is 6.07 Å². The maximum atomic E-state index is 12.7. The number of benzene rings is 1. The van der Waals surface area contributed by atoms with Crippen molar-refractivity contribution in [2.24, 2.45) is 0 Å². The van der Waals surface area contributed by atoms with E-state index in [9.17, 15) is 18.0 Å². The van der Waals surface area contributed by atoms with E-state index >= 15 is 0 Å². The molecule has 2 N–H and O–H groups in total. The van der Waals surface area contributed by atoms with Gasteiger partial charge in [0.25, 0.3) is 0 Å². The van der Waals surface area contributed by atoms with Crippen molar-refractivity contribution in [1.82, 2.24) is 15.2 Å². The Kier molecular flexibility index (Phi) is 4.97. The normalized spacial score (nSPS) is 11.5. The molecule has 1 heterocycles. The minimum absolute atomic E-state index is 0.0218. The van der Waals surface area contributed by atoms with Gasteiger partial charge in [0.2, 0.25) is 11.1 Å². The van der Waals surface area contributed by atoms with Gasteiger partial charge in [-0.3, -0.25) is 9.89 Å². The molecule has 1 amide bonds. The number of nitrogens with zero attached hydrogens (tertiary/aromatic N) is 2. The van der Waals surface area contributed by atoms with Crippen molar-refractivity contribution in [1.29, 1.82) is 0 Å². The summed E-state index contributed by atoms with van der Waals surface area (Å²) in [6.45, 7) is 1.71. The SMILES string of the molecule is Cc1nc(SCC(=O)Nc2ccc(Cl)c(C(F)(F)F)c2)n[nH]1. The summed E-state index contributed by atoms with van der Waals surface area (Å²) in [6, 6.07) is 3.19. The number of anilines is 1. The van der Waals surface area contributed by atoms with Gasteiger partial charge in [-0.15, -0.1) is 5.10 Å². The Morgan fingerprint density at radius 1 is 1.45 bits per heavy atom. The van der Waals surface area contributed by atoms with Gasteiger partial charge in [0.05, 0.1) is 16.3 Å². The smallest absolute Gasteiger partial charge is 0.325 e. The molecule has 0 saturated carbocycles. The van der Waals surface area contributed by atoms with E-state index in [0.29, 0.717) is 11.0 Å². The van der Waals surface area contributed by atoms with Gasteiger partial charge in [-0.1, -0.05) is 23.4 Å². The topological polar surface area (TPSA) is 70.7 Å². The lowest BCUT2D eigenvalue weighted by atomic mass is 10.2. The van der Waals surface area contributed by atoms with Crippen LogP contribution in [0.25, 0.3) is 0 Å². The minimum atomic E-state index is -4.58. The number of thioether (sulfide) groups is 1. The third-order valence-electron chi connectivity index (χ3n) is 2.46. The Bertz CT molecular complexity index is 689. The molecule has 1 aromatic heterocycles. The zero-order chi connectivity index (χ0) is 16.3. The molecule has 0 aliphatic rings. The summed E-state index contributed by atoms with van der Waals surface area (Å²) in [5, 5.41) is 8.80. The second-order valence-corrected chi connectivity index (χ2v) is 5.58. The lowest BCUT2D eigenvalue weighted by Crippen LogP contribution is -2.15. The molecule has 0 atom stereocenters. The summed E-state index contributed by atoms with van der Waals surface area (Å²) in [5.41, 5.74) is -0.974. The number of carbonyl (C=O) groups is 1. The number of aromatic amines is 1. The molecule has 10 heteroatoms. The fourth-order valence-electron chi connectivity index (χ4n) is 1.53. The molecule has 2 rings (SSSR count). The molecule has 0 bridgehead atoms. The van der Waals surface area contributed by atoms with Crippen LogP contribution in [0.15, 0.2) is 23.4 Å². The summed E-state index contributed by atoms with van der Waals surface area (Å²) in [7, 11) is 0. The average Bonchev–Trinajstić information content (AvgIpc) is 2.83. The van der Waals surface area contributed by atoms with Crippen molar-refractivity contribution in [2.75, 3.05) is 11.1 Å². The van der Waals surface area contributed by atoms with Crippen LogP contribution < -0.4 is 5.32 Å². The molecule has 0 aliphatic carbocycles. The maximum Gasteiger partial charge on any atom is 0.417 e. The van der Waals surface area contributed by atoms with Crippen LogP contribution in [0.3, 0.4) is 0 Å². The number of amides is 1. The minimum Gasteiger partial charge on any atom is -0.325 e. The summed E-state index contributed by atoms with van der Waals surface area (Å²) >= 11 is 6.57. The molecule has 0 fully saturated rings. The number of aromatic nitrogens is 3. The molecule has 22 heavy (non-hydrogen) atoms. The van der Waals surface area contributed by atoms with Crippen LogP contribution in [0.2, 0.25) is 5.02 Å². The molecule has 0 aliphatic heterocycles. The van der Waals surface area contributed by atoms with Gasteiger partial charge in [0.15, 0.2) is 0 Å². The van der Waals surface area contributed by atoms with E-state index < -0.39 is 22.7 Å². The molecular formula is C12H10ClF3N4OS. The monoisotopic (exact) mass is 350 g/mol. The van der Waals surface area contributed by atoms with Gasteiger partial charge in [0.1, 0.15) is 5.82 Å². The van der Waals surface area contributed by atoms with Crippen molar-refractivity contribution < 1.29 is 18.0 Å². The fourth-order valence-corrected chi connectivity index (χ4v) is 2.40. The Hall–Kier alpha value is -1.74. The first-order chi connectivity index (χ1) is 10.3. The van der Waals surface area contributed by atoms with Crippen LogP contribution in [-0.4, -0.2) is 26.8 Å². The standard InChI is InChI=1S/C12H10ClF3N4OS/c1-6-17-11(20-19-6)22-5-10(21)18-7-2-3-9(13)8(4-7)12(14,15)16/h2-4H,5H2,1H3,(H,18,21)(H,17,19,20). The number of aryl methyl sites for hydroxylation is 1. The number of nitrogens with one attached hydrogen (secondary N) is 2. The van der Waals surface area contributed by atoms with Crippen molar-refractivity contribution in [3.63, 3.8) is 0 Å². The molecule has 118 valence electrons. The Labute approximate surface area is 132 Å². The summed E-state index contributed by atoms with van der Waals surface area (Å²) in [5.74, 6) is 0.111. The highest BCUT2D eigenvalue weighted by atomic mass is 35.5. The molecule has 0 spiro atoms. The second-order valence-electron chi connectivity index (χ2n) is 4.23. The lowest BCUT2D eigenvalue weighted by Gasteiger charge is -2.11. The van der Waals surface area contributed by atoms with Gasteiger partial charge in [0, 0.05) is 5.69 Å². The quantitative estimate of drug-likeness (QED) is 0.828. The molecule has 0 unspecified atom stereocenters. The Morgan fingerprint density at radius 2 is 2.18 bits per heavy atom. The number of carbonyl (C=O) groups excluding carboxylic acids is 1. The molecular weight excluding hydrogens is 341 g/mol. The van der Waals surface area contributed by atoms with Crippen molar-refractivity contribution in [2.45, 2.75) is 18.3 Å². The number of hydrogen-bond acceptors (Lipinski definition) is 4. The van der Waals surface area contributed by atoms with Crippen LogP contribution in [-0.2, 0) is 11.0 Å². The second kappa shape index (κ2) is 6.57. The van der Waals surface area contributed by atoms with E-state index in [1.807, 2.05) is 0 Å². The molecule has 2 aromatic rings. The number of halogens is 4. The van der Waals surface area contributed by atoms with Crippen LogP contribution >= 0.6 is 23.4 Å². The largest absolute Gasteiger partial charge is 0.417 e. The maximum absolute atomic E-state index is 12.7. The highest BCUT2D eigenvalue weighted by Gasteiger charge is 2.33. The van der Waals surface area contributed by atoms with Gasteiger partial charge < -0.3 is 5.32 Å². The Balaban J connectivity index is 1.99. The van der Waals surface area contributed by atoms with Crippen molar-refractivity contribution in [3.8, 4) is 0 Å². The molecule has 0 saturated heterocycles. The third-order valence-corrected chi connectivity index (χ3v) is 3.64. The van der Waals surface area contributed by atoms with Gasteiger partial charge >= 0.3 is 6.18 Å². The first kappa shape index (κ1) is 16.6. The fraction of sp³-hybridized carbons (Fsp3) is 0.250. The number of hydrogen-bond donors (Lipinski definition) is 2. The summed E-state index contributed by atoms with van der Waals surface area (Å²) in [4.78, 5) is 15.7. The van der Waals surface area contributed by atoms with E-state index in [2.05, 4.69) is 20.5 Å². The summed E-state index contributed by atoms with van der Waals surface area (Å²) < 4.78 is 38.1. The van der Waals surface area contributed by atoms with E-state index in [0.717, 1.165) is 23.9 Å². The van der Waals surface area contributed by atoms with Gasteiger partial charge in [-0.05, 0) is 25.1 Å². The van der Waals surface area contributed by atoms with E-state index in [-0.39, 0.29) is 11.4 Å². The van der Waals surface area contributed by atoms with Gasteiger partial charge in [-0.2, -0.15) is 13.2 Å². The molecule has 5 nitrogen and oxygen atoms in total. The molecule has 1 aromatic carbocycles. The predicted octanol–water partition coefficient (Wildman–Crippen LogP) is 3.52. The average molecular weight is 351 g/mol. The van der Waals surface area contributed by atoms with Crippen molar-refractivity contribution in [3.05, 3.63) is 34.6 Å². The van der Waals surface area contributed by atoms with E-state index in [4.69, 9.17) is 11.6 Å². The highest BCUT2D eigenvalue weighted by Crippen LogP contribution is 2.36. The first-order valence-corrected chi connectivity index (χ1v) is 7.30. The van der Waals surface area contributed by atoms with Gasteiger partial charge in [-0.25, -0.2) is 4.98 Å². The molecule has 0 radical (unpaired) electrons. The zero-order valence-corrected chi connectivity index (χ0v) is 12.7. The van der Waals surface area contributed by atoms with Crippen molar-refractivity contribution >= 4 is 35.0 Å². The predicted molar refractivity (Wildman–Crippen MR) is 76.9 cm³/mol. The van der Waals surface area contributed by atoms with Crippen LogP contribution in [0.1, 0.15) is 11.4 Å². The third kappa shape index (κ3) is 4.38. The number of rotatable bonds is 4. The van der Waals surface area contributed by atoms with Crippen LogP contribution in [0.4, 0.5) is 18.9 Å². The van der Waals surface area contributed by atoms with Crippen LogP contribution in [0.5, 0.6) is 0 Å². The number of alkyl halides is 3. The number of H-pyrrole nitrogens is 1.